The first-order chi connectivity index (χ1) is 12.7. The summed E-state index contributed by atoms with van der Waals surface area (Å²) in [6.45, 7) is 0. The Labute approximate surface area is 161 Å². The maximum atomic E-state index is 13.0. The van der Waals surface area contributed by atoms with Gasteiger partial charge in [0, 0.05) is 33.8 Å². The molecule has 0 bridgehead atoms. The summed E-state index contributed by atoms with van der Waals surface area (Å²) < 4.78 is 13.0. The van der Waals surface area contributed by atoms with E-state index >= 15 is 0 Å². The number of hydrogen-bond acceptors (Lipinski definition) is 6. The van der Waals surface area contributed by atoms with E-state index in [1.807, 2.05) is 16.8 Å². The van der Waals surface area contributed by atoms with Gasteiger partial charge in [0.05, 0.1) is 0 Å². The van der Waals surface area contributed by atoms with Crippen LogP contribution in [0.15, 0.2) is 52.7 Å². The predicted molar refractivity (Wildman–Crippen MR) is 105 cm³/mol. The first-order valence-electron chi connectivity index (χ1n) is 7.66. The molecule has 1 N–H and O–H groups in total. The van der Waals surface area contributed by atoms with Crippen molar-refractivity contribution in [2.45, 2.75) is 6.42 Å². The van der Waals surface area contributed by atoms with Gasteiger partial charge in [-0.25, -0.2) is 14.4 Å². The number of carbonyl (C=O) groups excluding carboxylic acids is 1. The topological polar surface area (TPSA) is 54.9 Å². The average Bonchev–Trinajstić information content (AvgIpc) is 3.38. The number of carbonyl (C=O) groups is 1. The first-order valence-corrected chi connectivity index (χ1v) is 10.3. The molecule has 1 aromatic carbocycles. The Kier molecular flexibility index (Phi) is 4.87. The van der Waals surface area contributed by atoms with Crippen molar-refractivity contribution in [3.8, 4) is 10.6 Å². The van der Waals surface area contributed by atoms with Crippen molar-refractivity contribution in [2.75, 3.05) is 5.32 Å². The van der Waals surface area contributed by atoms with Crippen molar-refractivity contribution in [3.05, 3.63) is 74.6 Å². The quantitative estimate of drug-likeness (QED) is 0.493. The van der Waals surface area contributed by atoms with Gasteiger partial charge in [-0.3, -0.25) is 10.1 Å². The highest BCUT2D eigenvalue weighted by molar-refractivity contribution is 7.16. The molecule has 0 aliphatic carbocycles. The zero-order valence-corrected chi connectivity index (χ0v) is 15.8. The highest BCUT2D eigenvalue weighted by Crippen LogP contribution is 2.27. The van der Waals surface area contributed by atoms with Gasteiger partial charge in [0.15, 0.2) is 5.13 Å². The molecule has 0 aliphatic rings. The van der Waals surface area contributed by atoms with Crippen molar-refractivity contribution in [1.29, 1.82) is 0 Å². The molecule has 4 aromatic rings. The standard InChI is InChI=1S/C18H12FN3OS3/c19-13-3-1-11(2-4-13)7-14-8-20-18(26-14)22-16(23)15-10-25-17(21-15)12-5-6-24-9-12/h1-6,8-10H,7H2,(H,20,22,23). The molecular formula is C18H12FN3OS3. The highest BCUT2D eigenvalue weighted by Gasteiger charge is 2.14. The van der Waals surface area contributed by atoms with E-state index in [1.165, 1.54) is 34.8 Å². The fourth-order valence-corrected chi connectivity index (χ4v) is 4.66. The molecule has 0 saturated carbocycles. The summed E-state index contributed by atoms with van der Waals surface area (Å²) >= 11 is 4.44. The molecule has 0 aliphatic heterocycles. The van der Waals surface area contributed by atoms with Crippen LogP contribution in [0.1, 0.15) is 20.9 Å². The van der Waals surface area contributed by atoms with Crippen LogP contribution in [0, 0.1) is 5.82 Å². The van der Waals surface area contributed by atoms with Crippen molar-refractivity contribution in [1.82, 2.24) is 9.97 Å². The smallest absolute Gasteiger partial charge is 0.276 e. The number of amides is 1. The van der Waals surface area contributed by atoms with Crippen LogP contribution in [0.25, 0.3) is 10.6 Å². The fraction of sp³-hybridized carbons (Fsp3) is 0.0556. The summed E-state index contributed by atoms with van der Waals surface area (Å²) in [5, 5.41) is 9.87. The van der Waals surface area contributed by atoms with Gasteiger partial charge in [0.1, 0.15) is 16.5 Å². The number of nitrogens with zero attached hydrogens (tertiary/aromatic N) is 2. The lowest BCUT2D eigenvalue weighted by atomic mass is 10.1. The summed E-state index contributed by atoms with van der Waals surface area (Å²) in [6, 6.07) is 8.34. The summed E-state index contributed by atoms with van der Waals surface area (Å²) in [7, 11) is 0. The Morgan fingerprint density at radius 2 is 2.00 bits per heavy atom. The number of anilines is 1. The Balaban J connectivity index is 1.42. The lowest BCUT2D eigenvalue weighted by molar-refractivity contribution is 0.102. The number of thiophene rings is 1. The highest BCUT2D eigenvalue weighted by atomic mass is 32.1. The molecule has 0 fully saturated rings. The Hall–Kier alpha value is -2.42. The van der Waals surface area contributed by atoms with Crippen molar-refractivity contribution in [2.24, 2.45) is 0 Å². The Bertz CT molecular complexity index is 1020. The third-order valence-electron chi connectivity index (χ3n) is 3.57. The zero-order valence-electron chi connectivity index (χ0n) is 13.3. The van der Waals surface area contributed by atoms with E-state index < -0.39 is 0 Å². The van der Waals surface area contributed by atoms with Crippen LogP contribution < -0.4 is 5.32 Å². The Morgan fingerprint density at radius 3 is 2.77 bits per heavy atom. The average molecular weight is 402 g/mol. The molecule has 1 amide bonds. The van der Waals surface area contributed by atoms with Crippen molar-refractivity contribution in [3.63, 3.8) is 0 Å². The second-order valence-electron chi connectivity index (χ2n) is 5.44. The van der Waals surface area contributed by atoms with Crippen LogP contribution in [-0.4, -0.2) is 15.9 Å². The van der Waals surface area contributed by atoms with Crippen LogP contribution in [0.3, 0.4) is 0 Å². The minimum atomic E-state index is -0.273. The molecule has 0 atom stereocenters. The fourth-order valence-electron chi connectivity index (χ4n) is 2.31. The van der Waals surface area contributed by atoms with E-state index in [1.54, 1.807) is 35.0 Å². The lowest BCUT2D eigenvalue weighted by Crippen LogP contribution is -2.11. The largest absolute Gasteiger partial charge is 0.296 e. The molecule has 3 aromatic heterocycles. The maximum Gasteiger partial charge on any atom is 0.276 e. The number of thiazole rings is 2. The molecule has 4 rings (SSSR count). The molecule has 0 radical (unpaired) electrons. The van der Waals surface area contributed by atoms with Crippen molar-refractivity contribution < 1.29 is 9.18 Å². The second kappa shape index (κ2) is 7.45. The van der Waals surface area contributed by atoms with Gasteiger partial charge >= 0.3 is 0 Å². The lowest BCUT2D eigenvalue weighted by Gasteiger charge is -1.98. The van der Waals surface area contributed by atoms with Crippen LogP contribution in [0.5, 0.6) is 0 Å². The zero-order chi connectivity index (χ0) is 17.9. The van der Waals surface area contributed by atoms with E-state index in [0.29, 0.717) is 17.2 Å². The SMILES string of the molecule is O=C(Nc1ncc(Cc2ccc(F)cc2)s1)c1csc(-c2ccsc2)n1. The molecule has 130 valence electrons. The third kappa shape index (κ3) is 3.87. The molecule has 0 spiro atoms. The second-order valence-corrected chi connectivity index (χ2v) is 8.19. The number of benzene rings is 1. The predicted octanol–water partition coefficient (Wildman–Crippen LogP) is 5.31. The molecule has 26 heavy (non-hydrogen) atoms. The Morgan fingerprint density at radius 1 is 1.15 bits per heavy atom. The van der Waals surface area contributed by atoms with Gasteiger partial charge in [-0.05, 0) is 29.1 Å². The molecule has 4 nitrogen and oxygen atoms in total. The monoisotopic (exact) mass is 401 g/mol. The van der Waals surface area contributed by atoms with Crippen LogP contribution in [0.4, 0.5) is 9.52 Å². The first kappa shape index (κ1) is 17.0. The molecule has 0 unspecified atom stereocenters. The third-order valence-corrected chi connectivity index (χ3v) is 6.06. The van der Waals surface area contributed by atoms with E-state index in [4.69, 9.17) is 0 Å². The molecule has 0 saturated heterocycles. The summed E-state index contributed by atoms with van der Waals surface area (Å²) in [6.07, 6.45) is 2.37. The van der Waals surface area contributed by atoms with Gasteiger partial charge < -0.3 is 0 Å². The van der Waals surface area contributed by atoms with Gasteiger partial charge in [0.2, 0.25) is 0 Å². The number of nitrogens with one attached hydrogen (secondary N) is 1. The van der Waals surface area contributed by atoms with Gasteiger partial charge in [-0.2, -0.15) is 11.3 Å². The molecular weight excluding hydrogens is 389 g/mol. The van der Waals surface area contributed by atoms with E-state index in [-0.39, 0.29) is 11.7 Å². The number of aromatic nitrogens is 2. The van der Waals surface area contributed by atoms with Crippen LogP contribution >= 0.6 is 34.0 Å². The number of rotatable bonds is 5. The van der Waals surface area contributed by atoms with Gasteiger partial charge in [0.25, 0.3) is 5.91 Å². The maximum absolute atomic E-state index is 13.0. The van der Waals surface area contributed by atoms with Crippen LogP contribution in [-0.2, 0) is 6.42 Å². The minimum Gasteiger partial charge on any atom is -0.296 e. The van der Waals surface area contributed by atoms with Crippen LogP contribution in [0.2, 0.25) is 0 Å². The van der Waals surface area contributed by atoms with Gasteiger partial charge in [-0.15, -0.1) is 22.7 Å². The number of hydrogen-bond donors (Lipinski definition) is 1. The molecule has 8 heteroatoms. The number of halogens is 1. The summed E-state index contributed by atoms with van der Waals surface area (Å²) in [5.74, 6) is -0.526. The minimum absolute atomic E-state index is 0.254. The molecule has 3 heterocycles. The van der Waals surface area contributed by atoms with E-state index in [0.717, 1.165) is 21.0 Å². The summed E-state index contributed by atoms with van der Waals surface area (Å²) in [4.78, 5) is 22.0. The summed E-state index contributed by atoms with van der Waals surface area (Å²) in [5.41, 5.74) is 2.40. The van der Waals surface area contributed by atoms with Gasteiger partial charge in [-0.1, -0.05) is 12.1 Å². The van der Waals surface area contributed by atoms with E-state index in [2.05, 4.69) is 15.3 Å². The van der Waals surface area contributed by atoms with Crippen molar-refractivity contribution >= 4 is 45.0 Å². The normalized spacial score (nSPS) is 10.8. The van der Waals surface area contributed by atoms with E-state index in [9.17, 15) is 9.18 Å².